The molecule has 1 unspecified atom stereocenters. The van der Waals surface area contributed by atoms with Gasteiger partial charge in [-0.1, -0.05) is 311 Å². The number of hydrogen-bond donors (Lipinski definition) is 0. The summed E-state index contributed by atoms with van der Waals surface area (Å²) in [6.07, 6.45) is 95.8. The Hall–Kier alpha value is -3.67. The van der Waals surface area contributed by atoms with Gasteiger partial charge in [-0.05, 0) is 122 Å². The normalized spacial score (nSPS) is 12.7. The molecular weight excluding hydrogens is 1020 g/mol. The number of esters is 3. The van der Waals surface area contributed by atoms with Crippen molar-refractivity contribution in [1.82, 2.24) is 0 Å². The van der Waals surface area contributed by atoms with Crippen LogP contribution in [-0.4, -0.2) is 37.2 Å². The van der Waals surface area contributed by atoms with Gasteiger partial charge in [0.1, 0.15) is 13.2 Å². The Labute approximate surface area is 515 Å². The Bertz CT molecular complexity index is 1610. The quantitative estimate of drug-likeness (QED) is 0.0261. The summed E-state index contributed by atoms with van der Waals surface area (Å²) in [5.74, 6) is -0.885. The van der Waals surface area contributed by atoms with Crippen molar-refractivity contribution in [2.24, 2.45) is 0 Å². The van der Waals surface area contributed by atoms with Crippen molar-refractivity contribution in [2.75, 3.05) is 13.2 Å². The summed E-state index contributed by atoms with van der Waals surface area (Å²) in [6.45, 7) is 6.52. The van der Waals surface area contributed by atoms with Gasteiger partial charge in [-0.3, -0.25) is 14.4 Å². The van der Waals surface area contributed by atoms with Gasteiger partial charge in [0.25, 0.3) is 0 Å². The third-order valence-electron chi connectivity index (χ3n) is 15.5. The van der Waals surface area contributed by atoms with E-state index in [1.165, 1.54) is 205 Å². The zero-order valence-electron chi connectivity index (χ0n) is 54.9. The van der Waals surface area contributed by atoms with E-state index in [0.29, 0.717) is 19.3 Å². The van der Waals surface area contributed by atoms with Gasteiger partial charge in [-0.2, -0.15) is 0 Å². The average Bonchev–Trinajstić information content (AvgIpc) is 3.50. The minimum absolute atomic E-state index is 0.0822. The molecule has 0 radical (unpaired) electrons. The molecule has 0 aromatic rings. The van der Waals surface area contributed by atoms with E-state index in [-0.39, 0.29) is 31.1 Å². The van der Waals surface area contributed by atoms with E-state index in [9.17, 15) is 14.4 Å². The number of carbonyl (C=O) groups is 3. The van der Waals surface area contributed by atoms with Crippen molar-refractivity contribution in [2.45, 2.75) is 361 Å². The maximum absolute atomic E-state index is 12.9. The monoisotopic (exact) mass is 1160 g/mol. The second-order valence-corrected chi connectivity index (χ2v) is 23.8. The molecule has 6 heteroatoms. The summed E-state index contributed by atoms with van der Waals surface area (Å²) in [5, 5.41) is 0. The fraction of sp³-hybridized carbons (Fsp3) is 0.753. The van der Waals surface area contributed by atoms with Gasteiger partial charge in [-0.15, -0.1) is 0 Å². The summed E-state index contributed by atoms with van der Waals surface area (Å²) >= 11 is 0. The van der Waals surface area contributed by atoms with Crippen molar-refractivity contribution < 1.29 is 28.6 Å². The largest absolute Gasteiger partial charge is 0.462 e. The maximum Gasteiger partial charge on any atom is 0.306 e. The fourth-order valence-electron chi connectivity index (χ4n) is 10.2. The Morgan fingerprint density at radius 3 is 0.759 bits per heavy atom. The lowest BCUT2D eigenvalue weighted by atomic mass is 10.0. The number of ether oxygens (including phenoxy) is 3. The summed E-state index contributed by atoms with van der Waals surface area (Å²) in [4.78, 5) is 38.5. The first-order valence-corrected chi connectivity index (χ1v) is 35.7. The van der Waals surface area contributed by atoms with Crippen LogP contribution in [0, 0.1) is 0 Å². The lowest BCUT2D eigenvalue weighted by Gasteiger charge is -2.18. The molecule has 0 spiro atoms. The molecule has 83 heavy (non-hydrogen) atoms. The van der Waals surface area contributed by atoms with Gasteiger partial charge in [0, 0.05) is 19.3 Å². The number of allylic oxidation sites excluding steroid dienone is 16. The Morgan fingerprint density at radius 1 is 0.253 bits per heavy atom. The van der Waals surface area contributed by atoms with Gasteiger partial charge >= 0.3 is 17.9 Å². The number of rotatable bonds is 65. The molecule has 6 nitrogen and oxygen atoms in total. The topological polar surface area (TPSA) is 78.9 Å². The van der Waals surface area contributed by atoms with Crippen molar-refractivity contribution in [3.63, 3.8) is 0 Å². The second kappa shape index (κ2) is 70.8. The van der Waals surface area contributed by atoms with Gasteiger partial charge in [0.2, 0.25) is 0 Å². The van der Waals surface area contributed by atoms with E-state index < -0.39 is 6.10 Å². The molecule has 0 aliphatic carbocycles. The molecule has 0 aliphatic heterocycles. The van der Waals surface area contributed by atoms with Crippen LogP contribution >= 0.6 is 0 Å². The van der Waals surface area contributed by atoms with Crippen molar-refractivity contribution >= 4 is 17.9 Å². The van der Waals surface area contributed by atoms with Gasteiger partial charge in [-0.25, -0.2) is 0 Å². The first kappa shape index (κ1) is 79.3. The molecule has 1 atom stereocenters. The molecule has 0 N–H and O–H groups in total. The molecule has 0 fully saturated rings. The van der Waals surface area contributed by atoms with Crippen LogP contribution in [0.15, 0.2) is 97.2 Å². The Morgan fingerprint density at radius 2 is 0.470 bits per heavy atom. The first-order valence-electron chi connectivity index (χ1n) is 35.7. The van der Waals surface area contributed by atoms with E-state index in [2.05, 4.69) is 118 Å². The predicted molar refractivity (Wildman–Crippen MR) is 362 cm³/mol. The molecule has 0 amide bonds. The third kappa shape index (κ3) is 69.0. The zero-order chi connectivity index (χ0) is 59.9. The smallest absolute Gasteiger partial charge is 0.306 e. The number of unbranched alkanes of at least 4 members (excludes halogenated alkanes) is 38. The van der Waals surface area contributed by atoms with Crippen LogP contribution in [-0.2, 0) is 28.6 Å². The van der Waals surface area contributed by atoms with Gasteiger partial charge in [0.15, 0.2) is 6.10 Å². The van der Waals surface area contributed by atoms with Crippen molar-refractivity contribution in [3.8, 4) is 0 Å². The zero-order valence-corrected chi connectivity index (χ0v) is 54.9. The SMILES string of the molecule is CC/C=C\C/C=C\C/C=C\CCCCCCCCCC(=O)OC(COC(=O)CCCCCCCCC/C=C\C/C=C\CCCCC)COC(=O)CCCCCCCCCCCCCCCCCC/C=C\C/C=C\C/C=C\CCCCCCC. The molecular formula is C77H134O6. The van der Waals surface area contributed by atoms with Crippen molar-refractivity contribution in [3.05, 3.63) is 97.2 Å². The highest BCUT2D eigenvalue weighted by Crippen LogP contribution is 2.17. The summed E-state index contributed by atoms with van der Waals surface area (Å²) < 4.78 is 17.0. The molecule has 478 valence electrons. The molecule has 0 aromatic heterocycles. The van der Waals surface area contributed by atoms with E-state index >= 15 is 0 Å². The van der Waals surface area contributed by atoms with E-state index in [0.717, 1.165) is 109 Å². The van der Waals surface area contributed by atoms with E-state index in [1.807, 2.05) is 0 Å². The van der Waals surface area contributed by atoms with Crippen LogP contribution in [0.25, 0.3) is 0 Å². The van der Waals surface area contributed by atoms with Crippen molar-refractivity contribution in [1.29, 1.82) is 0 Å². The van der Waals surface area contributed by atoms with Gasteiger partial charge in [0.05, 0.1) is 0 Å². The van der Waals surface area contributed by atoms with Crippen LogP contribution in [0.1, 0.15) is 355 Å². The maximum atomic E-state index is 12.9. The lowest BCUT2D eigenvalue weighted by Crippen LogP contribution is -2.30. The number of carbonyl (C=O) groups excluding carboxylic acids is 3. The predicted octanol–water partition coefficient (Wildman–Crippen LogP) is 24.8. The number of hydrogen-bond acceptors (Lipinski definition) is 6. The molecule has 0 saturated carbocycles. The third-order valence-corrected chi connectivity index (χ3v) is 15.5. The Balaban J connectivity index is 4.26. The molecule has 0 aliphatic rings. The fourth-order valence-corrected chi connectivity index (χ4v) is 10.2. The molecule has 0 saturated heterocycles. The highest BCUT2D eigenvalue weighted by atomic mass is 16.6. The van der Waals surface area contributed by atoms with Crippen LogP contribution in [0.4, 0.5) is 0 Å². The van der Waals surface area contributed by atoms with Crippen LogP contribution < -0.4 is 0 Å². The highest BCUT2D eigenvalue weighted by Gasteiger charge is 2.19. The summed E-state index contributed by atoms with van der Waals surface area (Å²) in [5.41, 5.74) is 0. The van der Waals surface area contributed by atoms with Crippen LogP contribution in [0.5, 0.6) is 0 Å². The first-order chi connectivity index (χ1) is 41.0. The van der Waals surface area contributed by atoms with Crippen LogP contribution in [0.3, 0.4) is 0 Å². The van der Waals surface area contributed by atoms with Crippen LogP contribution in [0.2, 0.25) is 0 Å². The lowest BCUT2D eigenvalue weighted by molar-refractivity contribution is -0.167. The van der Waals surface area contributed by atoms with E-state index in [1.54, 1.807) is 0 Å². The minimum atomic E-state index is -0.788. The standard InChI is InChI=1S/C77H134O6/c1-4-7-10-13-16-19-22-25-28-31-32-33-34-35-36-37-38-39-40-41-42-43-44-47-49-52-55-58-61-64-67-70-76(79)82-73-74(83-77(80)71-68-65-62-59-56-53-50-46-30-27-24-21-18-15-12-9-6-3)72-81-75(78)69-66-63-60-57-54-51-48-45-29-26-23-20-17-14-11-8-5-2/h9,12,17-18,20-22,25-27,29-32,34-35,74H,4-8,10-11,13-16,19,23-24,28,33,36-73H2,1-3H3/b12-9-,20-17-,21-18-,25-22-,29-26-,30-27-,32-31-,35-34-. The second-order valence-electron chi connectivity index (χ2n) is 23.8. The average molecular weight is 1160 g/mol. The molecule has 0 heterocycles. The highest BCUT2D eigenvalue weighted by molar-refractivity contribution is 5.71. The van der Waals surface area contributed by atoms with Gasteiger partial charge < -0.3 is 14.2 Å². The molecule has 0 aromatic carbocycles. The summed E-state index contributed by atoms with van der Waals surface area (Å²) in [6, 6.07) is 0. The molecule has 0 rings (SSSR count). The minimum Gasteiger partial charge on any atom is -0.462 e. The summed E-state index contributed by atoms with van der Waals surface area (Å²) in [7, 11) is 0. The molecule has 0 bridgehead atoms. The Kier molecular flexibility index (Phi) is 67.7. The van der Waals surface area contributed by atoms with E-state index in [4.69, 9.17) is 14.2 Å².